The van der Waals surface area contributed by atoms with E-state index < -0.39 is 27.8 Å². The summed E-state index contributed by atoms with van der Waals surface area (Å²) in [6.45, 7) is 0.265. The van der Waals surface area contributed by atoms with E-state index in [1.165, 1.54) is 12.1 Å². The maximum absolute atomic E-state index is 12.6. The van der Waals surface area contributed by atoms with Gasteiger partial charge in [0.15, 0.2) is 9.84 Å². The molecule has 3 rings (SSSR count). The third-order valence-electron chi connectivity index (χ3n) is 4.28. The number of rotatable bonds is 6. The maximum atomic E-state index is 12.6. The Balaban J connectivity index is 1.66. The number of hydrogen-bond donors (Lipinski definition) is 1. The van der Waals surface area contributed by atoms with Gasteiger partial charge in [-0.1, -0.05) is 18.2 Å². The molecule has 0 radical (unpaired) electrons. The second kappa shape index (κ2) is 7.88. The second-order valence-corrected chi connectivity index (χ2v) is 8.25. The minimum absolute atomic E-state index is 0.166. The number of para-hydroxylation sites is 1. The molecule has 2 unspecified atom stereocenters. The van der Waals surface area contributed by atoms with Crippen molar-refractivity contribution in [3.63, 3.8) is 0 Å². The number of hydrogen-bond acceptors (Lipinski definition) is 5. The molecule has 0 aliphatic carbocycles. The van der Waals surface area contributed by atoms with Gasteiger partial charge in [-0.25, -0.2) is 8.42 Å². The average Bonchev–Trinajstić information content (AvgIpc) is 2.63. The van der Waals surface area contributed by atoms with Gasteiger partial charge in [0, 0.05) is 6.61 Å². The summed E-state index contributed by atoms with van der Waals surface area (Å²) < 4.78 is 36.3. The Morgan fingerprint density at radius 2 is 1.73 bits per heavy atom. The topological polar surface area (TPSA) is 89.9 Å². The third kappa shape index (κ3) is 4.62. The molecule has 2 aromatic carbocycles. The van der Waals surface area contributed by atoms with Crippen molar-refractivity contribution >= 4 is 15.8 Å². The molecule has 26 heavy (non-hydrogen) atoms. The lowest BCUT2D eigenvalue weighted by Crippen LogP contribution is -2.34. The smallest absolute Gasteiger partial charge is 0.306 e. The lowest BCUT2D eigenvalue weighted by atomic mass is 9.97. The summed E-state index contributed by atoms with van der Waals surface area (Å²) in [5.41, 5.74) is 0. The number of carbonyl (C=O) groups is 1. The van der Waals surface area contributed by atoms with Crippen LogP contribution in [0.3, 0.4) is 0 Å². The van der Waals surface area contributed by atoms with Crippen LogP contribution in [0.15, 0.2) is 59.5 Å². The standard InChI is InChI=1S/C19H20O6S/c20-19(21)14-10-11-24-17(12-14)13-26(22,23)18-8-6-16(7-9-18)25-15-4-2-1-3-5-15/h1-9,14,17H,10-13H2,(H,20,21). The van der Waals surface area contributed by atoms with Crippen molar-refractivity contribution < 1.29 is 27.8 Å². The van der Waals surface area contributed by atoms with Crippen molar-refractivity contribution in [1.82, 2.24) is 0 Å². The zero-order chi connectivity index (χ0) is 18.6. The van der Waals surface area contributed by atoms with Gasteiger partial charge in [0.2, 0.25) is 0 Å². The molecule has 6 nitrogen and oxygen atoms in total. The fourth-order valence-electron chi connectivity index (χ4n) is 2.90. The lowest BCUT2D eigenvalue weighted by Gasteiger charge is -2.27. The predicted octanol–water partition coefficient (Wildman–Crippen LogP) is 3.13. The van der Waals surface area contributed by atoms with Crippen LogP contribution in [-0.4, -0.2) is 38.0 Å². The highest BCUT2D eigenvalue weighted by molar-refractivity contribution is 7.91. The lowest BCUT2D eigenvalue weighted by molar-refractivity contribution is -0.146. The Bertz CT molecular complexity index is 845. The monoisotopic (exact) mass is 376 g/mol. The van der Waals surface area contributed by atoms with Gasteiger partial charge in [-0.3, -0.25) is 4.79 Å². The Kier molecular flexibility index (Phi) is 5.58. The van der Waals surface area contributed by atoms with Crippen LogP contribution >= 0.6 is 0 Å². The summed E-state index contributed by atoms with van der Waals surface area (Å²) in [7, 11) is -3.57. The molecule has 1 fully saturated rings. The van der Waals surface area contributed by atoms with Gasteiger partial charge in [-0.2, -0.15) is 0 Å². The van der Waals surface area contributed by atoms with Crippen LogP contribution in [0.1, 0.15) is 12.8 Å². The summed E-state index contributed by atoms with van der Waals surface area (Å²) in [6, 6.07) is 15.4. The van der Waals surface area contributed by atoms with Crippen LogP contribution in [0.25, 0.3) is 0 Å². The van der Waals surface area contributed by atoms with Crippen molar-refractivity contribution in [2.24, 2.45) is 5.92 Å². The zero-order valence-electron chi connectivity index (χ0n) is 14.1. The van der Waals surface area contributed by atoms with E-state index >= 15 is 0 Å². The highest BCUT2D eigenvalue weighted by atomic mass is 32.2. The molecule has 1 aliphatic rings. The molecule has 138 valence electrons. The fraction of sp³-hybridized carbons (Fsp3) is 0.316. The van der Waals surface area contributed by atoms with E-state index in [1.807, 2.05) is 30.3 Å². The second-order valence-electron chi connectivity index (χ2n) is 6.22. The van der Waals surface area contributed by atoms with Crippen molar-refractivity contribution in [2.75, 3.05) is 12.4 Å². The number of ether oxygens (including phenoxy) is 2. The molecule has 0 bridgehead atoms. The SMILES string of the molecule is O=C(O)C1CCOC(CS(=O)(=O)c2ccc(Oc3ccccc3)cc2)C1. The summed E-state index contributed by atoms with van der Waals surface area (Å²) in [6.07, 6.45) is 0.0244. The highest BCUT2D eigenvalue weighted by Crippen LogP contribution is 2.26. The van der Waals surface area contributed by atoms with Gasteiger partial charge >= 0.3 is 5.97 Å². The summed E-state index contributed by atoms with van der Waals surface area (Å²) in [4.78, 5) is 11.3. The van der Waals surface area contributed by atoms with Crippen LogP contribution in [0.5, 0.6) is 11.5 Å². The largest absolute Gasteiger partial charge is 0.481 e. The van der Waals surface area contributed by atoms with Crippen LogP contribution in [0, 0.1) is 5.92 Å². The van der Waals surface area contributed by atoms with Crippen LogP contribution in [-0.2, 0) is 19.4 Å². The number of aliphatic carboxylic acids is 1. The number of carboxylic acid groups (broad SMARTS) is 1. The van der Waals surface area contributed by atoms with Gasteiger partial charge in [0.05, 0.1) is 22.7 Å². The van der Waals surface area contributed by atoms with Crippen molar-refractivity contribution in [3.8, 4) is 11.5 Å². The Morgan fingerprint density at radius 3 is 2.38 bits per heavy atom. The molecule has 2 aromatic rings. The van der Waals surface area contributed by atoms with E-state index in [0.717, 1.165) is 0 Å². The van der Waals surface area contributed by atoms with Gasteiger partial charge in [0.1, 0.15) is 11.5 Å². The first-order valence-electron chi connectivity index (χ1n) is 8.34. The molecule has 0 saturated carbocycles. The van der Waals surface area contributed by atoms with E-state index in [4.69, 9.17) is 14.6 Å². The first-order valence-corrected chi connectivity index (χ1v) is 9.99. The van der Waals surface area contributed by atoms with Crippen LogP contribution in [0.2, 0.25) is 0 Å². The van der Waals surface area contributed by atoms with Crippen molar-refractivity contribution in [3.05, 3.63) is 54.6 Å². The normalized spacial score (nSPS) is 20.5. The van der Waals surface area contributed by atoms with Gasteiger partial charge in [-0.05, 0) is 49.2 Å². The number of carboxylic acids is 1. The van der Waals surface area contributed by atoms with Crippen molar-refractivity contribution in [2.45, 2.75) is 23.8 Å². The first-order chi connectivity index (χ1) is 12.4. The fourth-order valence-corrected chi connectivity index (χ4v) is 4.37. The number of benzene rings is 2. The minimum atomic E-state index is -3.57. The van der Waals surface area contributed by atoms with Gasteiger partial charge in [-0.15, -0.1) is 0 Å². The molecular formula is C19H20O6S. The molecule has 1 aliphatic heterocycles. The van der Waals surface area contributed by atoms with Gasteiger partial charge in [0.25, 0.3) is 0 Å². The Hall–Kier alpha value is -2.38. The van der Waals surface area contributed by atoms with Crippen molar-refractivity contribution in [1.29, 1.82) is 0 Å². The molecule has 2 atom stereocenters. The Labute approximate surface area is 152 Å². The zero-order valence-corrected chi connectivity index (χ0v) is 14.9. The van der Waals surface area contributed by atoms with Gasteiger partial charge < -0.3 is 14.6 Å². The van der Waals surface area contributed by atoms with E-state index in [1.54, 1.807) is 12.1 Å². The van der Waals surface area contributed by atoms with E-state index in [0.29, 0.717) is 17.9 Å². The molecule has 1 heterocycles. The third-order valence-corrected chi connectivity index (χ3v) is 6.08. The van der Waals surface area contributed by atoms with Crippen LogP contribution in [0.4, 0.5) is 0 Å². The molecule has 0 aromatic heterocycles. The summed E-state index contributed by atoms with van der Waals surface area (Å²) in [5, 5.41) is 9.10. The Morgan fingerprint density at radius 1 is 1.08 bits per heavy atom. The van der Waals surface area contributed by atoms with E-state index in [-0.39, 0.29) is 23.7 Å². The quantitative estimate of drug-likeness (QED) is 0.833. The molecule has 0 amide bonds. The molecule has 0 spiro atoms. The maximum Gasteiger partial charge on any atom is 0.306 e. The molecule has 7 heteroatoms. The summed E-state index contributed by atoms with van der Waals surface area (Å²) in [5.74, 6) is -0.479. The van der Waals surface area contributed by atoms with E-state index in [9.17, 15) is 13.2 Å². The number of sulfone groups is 1. The summed E-state index contributed by atoms with van der Waals surface area (Å²) >= 11 is 0. The predicted molar refractivity (Wildman–Crippen MR) is 95.1 cm³/mol. The average molecular weight is 376 g/mol. The highest BCUT2D eigenvalue weighted by Gasteiger charge is 2.31. The molecule has 1 saturated heterocycles. The van der Waals surface area contributed by atoms with E-state index in [2.05, 4.69) is 0 Å². The molecular weight excluding hydrogens is 356 g/mol. The van der Waals surface area contributed by atoms with Crippen LogP contribution < -0.4 is 4.74 Å². The minimum Gasteiger partial charge on any atom is -0.481 e. The first kappa shape index (κ1) is 18.4. The molecule has 1 N–H and O–H groups in total.